The second kappa shape index (κ2) is 3.09. The van der Waals surface area contributed by atoms with Gasteiger partial charge < -0.3 is 10.1 Å². The first-order chi connectivity index (χ1) is 6.27. The van der Waals surface area contributed by atoms with E-state index in [1.54, 1.807) is 13.0 Å². The maximum Gasteiger partial charge on any atom is 0.159 e. The molecule has 0 amide bonds. The van der Waals surface area contributed by atoms with Crippen LogP contribution in [0.25, 0.3) is 0 Å². The van der Waals surface area contributed by atoms with E-state index in [0.717, 1.165) is 18.0 Å². The zero-order valence-electron chi connectivity index (χ0n) is 7.46. The van der Waals surface area contributed by atoms with Gasteiger partial charge in [-0.1, -0.05) is 0 Å². The van der Waals surface area contributed by atoms with E-state index in [0.29, 0.717) is 12.2 Å². The molecule has 0 radical (unpaired) electrons. The fourth-order valence-corrected chi connectivity index (χ4v) is 1.35. The first-order valence-electron chi connectivity index (χ1n) is 4.29. The zero-order chi connectivity index (χ0) is 9.26. The highest BCUT2D eigenvalue weighted by Crippen LogP contribution is 2.28. The van der Waals surface area contributed by atoms with Crippen molar-refractivity contribution in [3.63, 3.8) is 0 Å². The molecule has 0 saturated heterocycles. The number of anilines is 1. The van der Waals surface area contributed by atoms with Crippen LogP contribution in [0, 0.1) is 0 Å². The van der Waals surface area contributed by atoms with E-state index in [1.807, 2.05) is 12.1 Å². The van der Waals surface area contributed by atoms with E-state index < -0.39 is 0 Å². The maximum absolute atomic E-state index is 11.1. The molecular weight excluding hydrogens is 166 g/mol. The first-order valence-corrected chi connectivity index (χ1v) is 4.29. The molecule has 0 unspecified atom stereocenters. The summed E-state index contributed by atoms with van der Waals surface area (Å²) in [7, 11) is 0. The lowest BCUT2D eigenvalue weighted by Gasteiger charge is -2.19. The van der Waals surface area contributed by atoms with Gasteiger partial charge >= 0.3 is 0 Å². The van der Waals surface area contributed by atoms with Gasteiger partial charge in [0.1, 0.15) is 12.4 Å². The van der Waals surface area contributed by atoms with Crippen molar-refractivity contribution in [3.8, 4) is 5.75 Å². The third-order valence-corrected chi connectivity index (χ3v) is 2.06. The van der Waals surface area contributed by atoms with Crippen LogP contribution in [-0.2, 0) is 0 Å². The zero-order valence-corrected chi connectivity index (χ0v) is 7.46. The largest absolute Gasteiger partial charge is 0.490 e. The SMILES string of the molecule is CC(=O)c1ccc2c(c1)OCCN2. The van der Waals surface area contributed by atoms with Crippen LogP contribution in [0.3, 0.4) is 0 Å². The number of hydrogen-bond donors (Lipinski definition) is 1. The van der Waals surface area contributed by atoms with Gasteiger partial charge in [-0.05, 0) is 25.1 Å². The van der Waals surface area contributed by atoms with E-state index in [4.69, 9.17) is 4.74 Å². The minimum atomic E-state index is 0.0666. The van der Waals surface area contributed by atoms with Crippen LogP contribution < -0.4 is 10.1 Å². The summed E-state index contributed by atoms with van der Waals surface area (Å²) in [5.74, 6) is 0.843. The van der Waals surface area contributed by atoms with Crippen LogP contribution in [0.1, 0.15) is 17.3 Å². The van der Waals surface area contributed by atoms with Crippen molar-refractivity contribution >= 4 is 11.5 Å². The molecule has 1 aromatic carbocycles. The van der Waals surface area contributed by atoms with Gasteiger partial charge in [0, 0.05) is 12.1 Å². The van der Waals surface area contributed by atoms with Crippen molar-refractivity contribution in [1.29, 1.82) is 0 Å². The van der Waals surface area contributed by atoms with Crippen LogP contribution in [0.15, 0.2) is 18.2 Å². The molecule has 1 aromatic rings. The molecule has 0 atom stereocenters. The Morgan fingerprint density at radius 1 is 1.54 bits per heavy atom. The van der Waals surface area contributed by atoms with Gasteiger partial charge in [0.2, 0.25) is 0 Å². The van der Waals surface area contributed by atoms with Crippen molar-refractivity contribution in [2.45, 2.75) is 6.92 Å². The van der Waals surface area contributed by atoms with Gasteiger partial charge in [-0.15, -0.1) is 0 Å². The Bertz CT molecular complexity index is 347. The fraction of sp³-hybridized carbons (Fsp3) is 0.300. The number of carbonyl (C=O) groups is 1. The van der Waals surface area contributed by atoms with Gasteiger partial charge in [-0.2, -0.15) is 0 Å². The molecule has 13 heavy (non-hydrogen) atoms. The Hall–Kier alpha value is -1.51. The molecule has 0 spiro atoms. The molecule has 1 aliphatic rings. The Morgan fingerprint density at radius 2 is 2.38 bits per heavy atom. The minimum absolute atomic E-state index is 0.0666. The number of ketones is 1. The first kappa shape index (κ1) is 8.10. The lowest BCUT2D eigenvalue weighted by Crippen LogP contribution is -2.18. The van der Waals surface area contributed by atoms with Crippen LogP contribution in [0.5, 0.6) is 5.75 Å². The fourth-order valence-electron chi connectivity index (χ4n) is 1.35. The molecule has 0 aliphatic carbocycles. The molecule has 0 bridgehead atoms. The Balaban J connectivity index is 2.40. The standard InChI is InChI=1S/C10H11NO2/c1-7(12)8-2-3-9-10(6-8)13-5-4-11-9/h2-3,6,11H,4-5H2,1H3. The van der Waals surface area contributed by atoms with E-state index in [2.05, 4.69) is 5.32 Å². The van der Waals surface area contributed by atoms with Gasteiger partial charge in [0.15, 0.2) is 5.78 Å². The molecule has 2 rings (SSSR count). The second-order valence-corrected chi connectivity index (χ2v) is 3.04. The van der Waals surface area contributed by atoms with Crippen LogP contribution in [0.2, 0.25) is 0 Å². The number of fused-ring (bicyclic) bond motifs is 1. The number of Topliss-reactive ketones (excluding diaryl/α,β-unsaturated/α-hetero) is 1. The summed E-state index contributed by atoms with van der Waals surface area (Å²) in [6, 6.07) is 5.47. The lowest BCUT2D eigenvalue weighted by molar-refractivity contribution is 0.101. The molecular formula is C10H11NO2. The van der Waals surface area contributed by atoms with E-state index >= 15 is 0 Å². The number of rotatable bonds is 1. The average Bonchev–Trinajstić information content (AvgIpc) is 2.17. The molecule has 1 aliphatic heterocycles. The lowest BCUT2D eigenvalue weighted by atomic mass is 10.1. The normalized spacial score (nSPS) is 13.9. The van der Waals surface area contributed by atoms with Gasteiger partial charge in [0.25, 0.3) is 0 Å². The van der Waals surface area contributed by atoms with Gasteiger partial charge in [0.05, 0.1) is 5.69 Å². The van der Waals surface area contributed by atoms with Gasteiger partial charge in [-0.25, -0.2) is 0 Å². The Kier molecular flexibility index (Phi) is 1.93. The van der Waals surface area contributed by atoms with E-state index in [9.17, 15) is 4.79 Å². The number of nitrogens with one attached hydrogen (secondary N) is 1. The van der Waals surface area contributed by atoms with Crippen molar-refractivity contribution in [3.05, 3.63) is 23.8 Å². The van der Waals surface area contributed by atoms with Crippen LogP contribution in [0.4, 0.5) is 5.69 Å². The highest BCUT2D eigenvalue weighted by molar-refractivity contribution is 5.95. The predicted octanol–water partition coefficient (Wildman–Crippen LogP) is 1.69. The Morgan fingerprint density at radius 3 is 3.15 bits per heavy atom. The predicted molar refractivity (Wildman–Crippen MR) is 50.4 cm³/mol. The number of hydrogen-bond acceptors (Lipinski definition) is 3. The molecule has 3 nitrogen and oxygen atoms in total. The van der Waals surface area contributed by atoms with E-state index in [-0.39, 0.29) is 5.78 Å². The number of carbonyl (C=O) groups excluding carboxylic acids is 1. The molecule has 1 heterocycles. The van der Waals surface area contributed by atoms with Crippen LogP contribution in [-0.4, -0.2) is 18.9 Å². The smallest absolute Gasteiger partial charge is 0.159 e. The molecule has 1 N–H and O–H groups in total. The summed E-state index contributed by atoms with van der Waals surface area (Å²) in [6.07, 6.45) is 0. The average molecular weight is 177 g/mol. The minimum Gasteiger partial charge on any atom is -0.490 e. The summed E-state index contributed by atoms with van der Waals surface area (Å²) in [6.45, 7) is 3.04. The summed E-state index contributed by atoms with van der Waals surface area (Å²) in [5, 5.41) is 3.19. The monoisotopic (exact) mass is 177 g/mol. The van der Waals surface area contributed by atoms with Crippen molar-refractivity contribution < 1.29 is 9.53 Å². The molecule has 0 fully saturated rings. The molecule has 0 saturated carbocycles. The third kappa shape index (κ3) is 1.49. The maximum atomic E-state index is 11.1. The highest BCUT2D eigenvalue weighted by atomic mass is 16.5. The summed E-state index contributed by atoms with van der Waals surface area (Å²) in [4.78, 5) is 11.1. The Labute approximate surface area is 76.7 Å². The third-order valence-electron chi connectivity index (χ3n) is 2.06. The highest BCUT2D eigenvalue weighted by Gasteiger charge is 2.10. The topological polar surface area (TPSA) is 38.3 Å². The molecule has 0 aromatic heterocycles. The van der Waals surface area contributed by atoms with Crippen molar-refractivity contribution in [1.82, 2.24) is 0 Å². The van der Waals surface area contributed by atoms with Gasteiger partial charge in [-0.3, -0.25) is 4.79 Å². The van der Waals surface area contributed by atoms with Crippen LogP contribution >= 0.6 is 0 Å². The number of ether oxygens (including phenoxy) is 1. The quantitative estimate of drug-likeness (QED) is 0.663. The molecule has 3 heteroatoms. The van der Waals surface area contributed by atoms with E-state index in [1.165, 1.54) is 0 Å². The summed E-state index contributed by atoms with van der Waals surface area (Å²) < 4.78 is 5.40. The summed E-state index contributed by atoms with van der Waals surface area (Å²) in [5.41, 5.74) is 1.67. The second-order valence-electron chi connectivity index (χ2n) is 3.04. The summed E-state index contributed by atoms with van der Waals surface area (Å²) >= 11 is 0. The molecule has 68 valence electrons. The number of benzene rings is 1. The van der Waals surface area contributed by atoms with Crippen molar-refractivity contribution in [2.75, 3.05) is 18.5 Å². The van der Waals surface area contributed by atoms with Crippen molar-refractivity contribution in [2.24, 2.45) is 0 Å².